The zero-order valence-electron chi connectivity index (χ0n) is 55.0. The lowest BCUT2D eigenvalue weighted by Gasteiger charge is -2.41. The molecule has 1 saturated heterocycles. The van der Waals surface area contributed by atoms with Crippen LogP contribution in [0.4, 0.5) is 0 Å². The molecule has 1 aliphatic rings. The van der Waals surface area contributed by atoms with Gasteiger partial charge in [-0.3, -0.25) is 9.59 Å². The molecule has 0 aromatic heterocycles. The predicted molar refractivity (Wildman–Crippen MR) is 356 cm³/mol. The number of ether oxygens (including phenoxy) is 3. The van der Waals surface area contributed by atoms with Gasteiger partial charge in [-0.05, 0) is 96.3 Å². The molecule has 0 radical (unpaired) electrons. The molecule has 8 unspecified atom stereocenters. The molecule has 494 valence electrons. The van der Waals surface area contributed by atoms with E-state index >= 15 is 0 Å². The number of aliphatic hydroxyl groups excluding tert-OH is 5. The minimum atomic E-state index is -1.62. The molecule has 0 aromatic rings. The molecule has 8 atom stereocenters. The summed E-state index contributed by atoms with van der Waals surface area (Å²) >= 11 is 0. The number of carbonyl (C=O) groups is 2. The Morgan fingerprint density at radius 1 is 0.459 bits per heavy atom. The molecule has 85 heavy (non-hydrogen) atoms. The average molecular weight is 1200 g/mol. The molecule has 0 aliphatic carbocycles. The van der Waals surface area contributed by atoms with Crippen molar-refractivity contribution in [1.29, 1.82) is 0 Å². The molecule has 1 rings (SSSR count). The maximum Gasteiger partial charge on any atom is 0.306 e. The fourth-order valence-corrected chi connectivity index (χ4v) is 10.9. The molecule has 0 saturated carbocycles. The van der Waals surface area contributed by atoms with E-state index in [1.165, 1.54) is 186 Å². The molecule has 0 aromatic carbocycles. The van der Waals surface area contributed by atoms with Crippen LogP contribution in [0.15, 0.2) is 72.9 Å². The Bertz CT molecular complexity index is 1660. The van der Waals surface area contributed by atoms with E-state index in [2.05, 4.69) is 86.8 Å². The van der Waals surface area contributed by atoms with Gasteiger partial charge in [-0.25, -0.2) is 0 Å². The second kappa shape index (κ2) is 61.3. The summed E-state index contributed by atoms with van der Waals surface area (Å²) in [5.41, 5.74) is 0. The number of amides is 1. The van der Waals surface area contributed by atoms with Crippen molar-refractivity contribution in [2.75, 3.05) is 13.2 Å². The van der Waals surface area contributed by atoms with E-state index in [9.17, 15) is 35.1 Å². The van der Waals surface area contributed by atoms with E-state index in [1.54, 1.807) is 6.08 Å². The van der Waals surface area contributed by atoms with Gasteiger partial charge in [-0.2, -0.15) is 0 Å². The van der Waals surface area contributed by atoms with Crippen LogP contribution in [0.1, 0.15) is 323 Å². The monoisotopic (exact) mass is 1200 g/mol. The summed E-state index contributed by atoms with van der Waals surface area (Å²) in [5, 5.41) is 57.3. The maximum absolute atomic E-state index is 13.5. The summed E-state index contributed by atoms with van der Waals surface area (Å²) in [6.07, 6.45) is 69.3. The number of aliphatic hydroxyl groups is 5. The van der Waals surface area contributed by atoms with Crippen LogP contribution in [0.25, 0.3) is 0 Å². The number of carbonyl (C=O) groups excluding carboxylic acids is 2. The van der Waals surface area contributed by atoms with Crippen molar-refractivity contribution in [1.82, 2.24) is 5.32 Å². The summed E-state index contributed by atoms with van der Waals surface area (Å²) < 4.78 is 17.7. The van der Waals surface area contributed by atoms with Crippen molar-refractivity contribution >= 4 is 11.9 Å². The molecule has 11 heteroatoms. The van der Waals surface area contributed by atoms with Crippen molar-refractivity contribution in [2.45, 2.75) is 372 Å². The van der Waals surface area contributed by atoms with Crippen LogP contribution >= 0.6 is 0 Å². The van der Waals surface area contributed by atoms with Gasteiger partial charge < -0.3 is 45.1 Å². The van der Waals surface area contributed by atoms with E-state index in [0.29, 0.717) is 12.8 Å². The Kier molecular flexibility index (Phi) is 57.8. The highest BCUT2D eigenvalue weighted by molar-refractivity contribution is 5.80. The highest BCUT2D eigenvalue weighted by Crippen LogP contribution is 2.26. The Morgan fingerprint density at radius 3 is 1.24 bits per heavy atom. The lowest BCUT2D eigenvalue weighted by molar-refractivity contribution is -0.305. The quantitative estimate of drug-likeness (QED) is 0.0195. The van der Waals surface area contributed by atoms with E-state index in [4.69, 9.17) is 14.2 Å². The first-order valence-corrected chi connectivity index (χ1v) is 35.7. The lowest BCUT2D eigenvalue weighted by atomic mass is 9.99. The van der Waals surface area contributed by atoms with Gasteiger partial charge in [0, 0.05) is 6.42 Å². The standard InChI is InChI=1S/C74H133NO10/c1-4-7-10-13-16-19-22-25-27-29-31-33-34-35-37-39-41-44-47-50-53-56-59-62-69(79)85-72-71(81)70(80)68(63-76)84-74(72)83-64-65(66(77)60-57-54-51-48-45-42-24-21-18-15-12-9-6-3)75-73(82)67(78)61-58-55-52-49-46-43-40-38-36-32-30-28-26-23-20-17-14-11-8-5-2/h16-17,19-20,25-28,31,33,57,60,65-68,70-72,74,76-78,80-81H,4-15,18,21-24,29-30,32,34-56,58-59,61-64H2,1-3H3,(H,75,82)/b19-16-,20-17-,27-25-,28-26-,33-31-,60-57+. The van der Waals surface area contributed by atoms with Crippen molar-refractivity contribution in [3.05, 3.63) is 72.9 Å². The van der Waals surface area contributed by atoms with E-state index in [-0.39, 0.29) is 19.4 Å². The van der Waals surface area contributed by atoms with Gasteiger partial charge in [0.15, 0.2) is 12.4 Å². The minimum absolute atomic E-state index is 0.118. The molecule has 1 heterocycles. The predicted octanol–water partition coefficient (Wildman–Crippen LogP) is 18.3. The zero-order valence-corrected chi connectivity index (χ0v) is 55.0. The maximum atomic E-state index is 13.5. The molecule has 1 amide bonds. The second-order valence-corrected chi connectivity index (χ2v) is 24.6. The number of esters is 1. The van der Waals surface area contributed by atoms with Crippen molar-refractivity contribution < 1.29 is 49.3 Å². The van der Waals surface area contributed by atoms with E-state index in [1.807, 2.05) is 6.08 Å². The number of allylic oxidation sites excluding steroid dienone is 11. The van der Waals surface area contributed by atoms with Crippen LogP contribution in [0.2, 0.25) is 0 Å². The Hall–Kier alpha value is -2.90. The first-order valence-electron chi connectivity index (χ1n) is 35.7. The van der Waals surface area contributed by atoms with Crippen molar-refractivity contribution in [3.8, 4) is 0 Å². The van der Waals surface area contributed by atoms with Crippen LogP contribution in [0.5, 0.6) is 0 Å². The van der Waals surface area contributed by atoms with Gasteiger partial charge in [0.1, 0.15) is 24.4 Å². The summed E-state index contributed by atoms with van der Waals surface area (Å²) in [7, 11) is 0. The fraction of sp³-hybridized carbons (Fsp3) is 0.811. The smallest absolute Gasteiger partial charge is 0.306 e. The van der Waals surface area contributed by atoms with Crippen molar-refractivity contribution in [3.63, 3.8) is 0 Å². The highest BCUT2D eigenvalue weighted by atomic mass is 16.7. The number of hydrogen-bond acceptors (Lipinski definition) is 10. The van der Waals surface area contributed by atoms with E-state index < -0.39 is 67.4 Å². The summed E-state index contributed by atoms with van der Waals surface area (Å²) in [6, 6.07) is -1.03. The number of nitrogens with one attached hydrogen (secondary N) is 1. The highest BCUT2D eigenvalue weighted by Gasteiger charge is 2.47. The molecule has 6 N–H and O–H groups in total. The van der Waals surface area contributed by atoms with Gasteiger partial charge in [-0.15, -0.1) is 0 Å². The van der Waals surface area contributed by atoms with Gasteiger partial charge in [-0.1, -0.05) is 293 Å². The molecular weight excluding hydrogens is 1060 g/mol. The third-order valence-corrected chi connectivity index (χ3v) is 16.6. The van der Waals surface area contributed by atoms with Crippen LogP contribution in [-0.2, 0) is 23.8 Å². The first kappa shape index (κ1) is 80.1. The third kappa shape index (κ3) is 48.7. The Labute approximate surface area is 521 Å². The van der Waals surface area contributed by atoms with Gasteiger partial charge >= 0.3 is 5.97 Å². The van der Waals surface area contributed by atoms with E-state index in [0.717, 1.165) is 89.9 Å². The SMILES string of the molecule is CCCCC/C=C\C/C=C\C/C=C\CCCCCCCCCCCCC(=O)OC1C(OCC(NC(=O)C(O)CCCCCCCCCCCC/C=C\C/C=C\CCCCC)C(O)/C=C/CCCCCCCCCCCCC)OC(CO)C(O)C1O. The molecule has 0 bridgehead atoms. The van der Waals surface area contributed by atoms with Crippen LogP contribution < -0.4 is 5.32 Å². The zero-order chi connectivity index (χ0) is 61.7. The van der Waals surface area contributed by atoms with Crippen molar-refractivity contribution in [2.24, 2.45) is 0 Å². The Balaban J connectivity index is 2.60. The van der Waals surface area contributed by atoms with Crippen LogP contribution in [0, 0.1) is 0 Å². The molecule has 0 spiro atoms. The number of hydrogen-bond donors (Lipinski definition) is 6. The topological polar surface area (TPSA) is 175 Å². The van der Waals surface area contributed by atoms with Gasteiger partial charge in [0.25, 0.3) is 0 Å². The summed E-state index contributed by atoms with van der Waals surface area (Å²) in [4.78, 5) is 26.7. The molecular formula is C74H133NO10. The molecule has 1 fully saturated rings. The normalized spacial score (nSPS) is 18.8. The number of unbranched alkanes of at least 4 members (excludes halogenated alkanes) is 37. The Morgan fingerprint density at radius 2 is 0.812 bits per heavy atom. The fourth-order valence-electron chi connectivity index (χ4n) is 10.9. The first-order chi connectivity index (χ1) is 41.7. The van der Waals surface area contributed by atoms with Gasteiger partial charge in [0.05, 0.1) is 25.4 Å². The third-order valence-electron chi connectivity index (χ3n) is 16.6. The molecule has 11 nitrogen and oxygen atoms in total. The average Bonchev–Trinajstić information content (AvgIpc) is 2.49. The summed E-state index contributed by atoms with van der Waals surface area (Å²) in [6.45, 7) is 5.77. The summed E-state index contributed by atoms with van der Waals surface area (Å²) in [5.74, 6) is -1.19. The number of rotatable bonds is 61. The minimum Gasteiger partial charge on any atom is -0.454 e. The van der Waals surface area contributed by atoms with Crippen LogP contribution in [-0.4, -0.2) is 99.6 Å². The van der Waals surface area contributed by atoms with Crippen LogP contribution in [0.3, 0.4) is 0 Å². The lowest BCUT2D eigenvalue weighted by Crippen LogP contribution is -2.61. The van der Waals surface area contributed by atoms with Gasteiger partial charge in [0.2, 0.25) is 5.91 Å². The second-order valence-electron chi connectivity index (χ2n) is 24.6. The largest absolute Gasteiger partial charge is 0.454 e. The molecule has 1 aliphatic heterocycles.